The molecule has 0 fully saturated rings. The van der Waals surface area contributed by atoms with Crippen LogP contribution in [0.25, 0.3) is 200 Å². The molecule has 0 aromatic heterocycles. The van der Waals surface area contributed by atoms with Crippen LogP contribution in [0.3, 0.4) is 0 Å². The molecule has 0 unspecified atom stereocenters. The molecule has 24 aromatic carbocycles. The average Bonchev–Trinajstić information content (AvgIpc) is 0.780. The highest BCUT2D eigenvalue weighted by atomic mass is 14.2. The molecule has 0 radical (unpaired) electrons. The lowest BCUT2D eigenvalue weighted by atomic mass is 9.88. The second-order valence-corrected chi connectivity index (χ2v) is 38.0. The summed E-state index contributed by atoms with van der Waals surface area (Å²) in [7, 11) is 0. The quantitative estimate of drug-likeness (QED) is 0.0803. The number of aryl methyl sites for hydroxylation is 5. The van der Waals surface area contributed by atoms with Crippen molar-refractivity contribution in [2.75, 3.05) is 0 Å². The Bertz CT molecular complexity index is 8420. The predicted molar refractivity (Wildman–Crippen MR) is 645 cm³/mol. The van der Waals surface area contributed by atoms with Gasteiger partial charge in [-0.15, -0.1) is 0 Å². The highest BCUT2D eigenvalue weighted by Gasteiger charge is 2.19. The zero-order chi connectivity index (χ0) is 102. The molecule has 720 valence electrons. The van der Waals surface area contributed by atoms with Crippen LogP contribution in [0.4, 0.5) is 0 Å². The van der Waals surface area contributed by atoms with Crippen LogP contribution in [0.15, 0.2) is 619 Å². The molecule has 0 atom stereocenters. The molecule has 0 aliphatic heterocycles. The van der Waals surface area contributed by atoms with Gasteiger partial charge in [-0.3, -0.25) is 0 Å². The summed E-state index contributed by atoms with van der Waals surface area (Å²) in [6.07, 6.45) is 0. The molecule has 0 aliphatic rings. The van der Waals surface area contributed by atoms with Gasteiger partial charge >= 0.3 is 0 Å². The van der Waals surface area contributed by atoms with Crippen molar-refractivity contribution < 1.29 is 0 Å². The summed E-state index contributed by atoms with van der Waals surface area (Å²) < 4.78 is 0. The molecule has 0 amide bonds. The summed E-state index contributed by atoms with van der Waals surface area (Å²) >= 11 is 0. The molecule has 24 rings (SSSR count). The Morgan fingerprint density at radius 1 is 0.0867 bits per heavy atom. The Morgan fingerprint density at radius 3 is 0.667 bits per heavy atom. The van der Waals surface area contributed by atoms with E-state index in [9.17, 15) is 0 Å². The standard InChI is InChI=1S/6C25H20/c1-19-24(21-13-7-3-8-14-21)17-23(20-11-5-2-6-12-20)18-25(19)22-15-9-4-10-16-22;1-19-17-24(21-13-7-3-8-14-21)25(22-15-9-4-10-16-22)18-23(19)20-11-5-2-6-12-20;1-19-17-23(20-11-5-2-6-12-20)18-24(21-13-7-3-8-14-21)25(19)22-15-9-4-10-16-22;1-19-9-7-13-22(17-19)24-15-5-6-16-25(24)23-14-8-12-21(18-23)20-10-3-2-4-11-20;1-19-9-5-6-16-25(19)24-15-8-14-23(18-24)22-13-7-12-21(17-22)20-10-3-2-4-11-20;1-19-14-16-21(17-15-19)24-12-5-6-13-25(24)23-11-7-10-22(18-23)20-8-3-2-4-9-20/h6*2-18H,1H3. The van der Waals surface area contributed by atoms with Crippen LogP contribution in [0, 0.1) is 41.5 Å². The van der Waals surface area contributed by atoms with E-state index in [0.717, 1.165) is 0 Å². The van der Waals surface area contributed by atoms with Crippen LogP contribution >= 0.6 is 0 Å². The van der Waals surface area contributed by atoms with Crippen molar-refractivity contribution in [3.63, 3.8) is 0 Å². The summed E-state index contributed by atoms with van der Waals surface area (Å²) in [4.78, 5) is 0. The number of hydrogen-bond acceptors (Lipinski definition) is 0. The van der Waals surface area contributed by atoms with Crippen molar-refractivity contribution in [3.8, 4) is 200 Å². The van der Waals surface area contributed by atoms with Crippen molar-refractivity contribution in [3.05, 3.63) is 652 Å². The van der Waals surface area contributed by atoms with E-state index in [0.29, 0.717) is 0 Å². The lowest BCUT2D eigenvalue weighted by Gasteiger charge is -2.16. The van der Waals surface area contributed by atoms with Gasteiger partial charge in [-0.05, 0) is 313 Å². The molecule has 0 heterocycles. The van der Waals surface area contributed by atoms with Gasteiger partial charge in [-0.2, -0.15) is 0 Å². The van der Waals surface area contributed by atoms with E-state index in [2.05, 4.69) is 660 Å². The molecule has 0 bridgehead atoms. The van der Waals surface area contributed by atoms with Crippen molar-refractivity contribution in [1.29, 1.82) is 0 Å². The van der Waals surface area contributed by atoms with E-state index < -0.39 is 0 Å². The van der Waals surface area contributed by atoms with Gasteiger partial charge in [-0.1, -0.05) is 581 Å². The van der Waals surface area contributed by atoms with Crippen molar-refractivity contribution in [2.45, 2.75) is 41.5 Å². The first-order valence-corrected chi connectivity index (χ1v) is 51.8. The Balaban J connectivity index is 0.000000113. The zero-order valence-electron chi connectivity index (χ0n) is 85.9. The fourth-order valence-corrected chi connectivity index (χ4v) is 19.9. The average molecular weight is 1920 g/mol. The lowest BCUT2D eigenvalue weighted by molar-refractivity contribution is 1.44. The minimum atomic E-state index is 1.25. The van der Waals surface area contributed by atoms with Gasteiger partial charge in [0.25, 0.3) is 0 Å². The van der Waals surface area contributed by atoms with Crippen LogP contribution in [0.5, 0.6) is 0 Å². The molecule has 0 N–H and O–H groups in total. The Labute approximate surface area is 887 Å². The highest BCUT2D eigenvalue weighted by Crippen LogP contribution is 2.45. The van der Waals surface area contributed by atoms with Crippen LogP contribution in [0.2, 0.25) is 0 Å². The van der Waals surface area contributed by atoms with Crippen LogP contribution in [-0.2, 0) is 0 Å². The van der Waals surface area contributed by atoms with Gasteiger partial charge in [0.2, 0.25) is 0 Å². The van der Waals surface area contributed by atoms with E-state index >= 15 is 0 Å². The molecule has 0 nitrogen and oxygen atoms in total. The third kappa shape index (κ3) is 25.2. The van der Waals surface area contributed by atoms with Gasteiger partial charge in [-0.25, -0.2) is 0 Å². The Kier molecular flexibility index (Phi) is 33.1. The van der Waals surface area contributed by atoms with Gasteiger partial charge < -0.3 is 0 Å². The summed E-state index contributed by atoms with van der Waals surface area (Å²) in [6, 6.07) is 220. The second-order valence-electron chi connectivity index (χ2n) is 38.0. The maximum Gasteiger partial charge on any atom is -0.00757 e. The monoisotopic (exact) mass is 1920 g/mol. The molecule has 0 spiro atoms. The van der Waals surface area contributed by atoms with Gasteiger partial charge in [0, 0.05) is 0 Å². The van der Waals surface area contributed by atoms with Crippen molar-refractivity contribution >= 4 is 0 Å². The smallest absolute Gasteiger partial charge is 0.00757 e. The topological polar surface area (TPSA) is 0 Å². The van der Waals surface area contributed by atoms with E-state index in [1.165, 1.54) is 234 Å². The number of hydrogen-bond donors (Lipinski definition) is 0. The minimum absolute atomic E-state index is 1.25. The summed E-state index contributed by atoms with van der Waals surface area (Å²) in [5.41, 5.74) is 53.3. The van der Waals surface area contributed by atoms with Crippen LogP contribution in [-0.4, -0.2) is 0 Å². The normalized spacial score (nSPS) is 10.6. The third-order valence-corrected chi connectivity index (χ3v) is 27.6. The third-order valence-electron chi connectivity index (χ3n) is 27.6. The molecule has 0 heteroatoms. The molecule has 0 aliphatic carbocycles. The molecule has 24 aromatic rings. The minimum Gasteiger partial charge on any atom is -0.0622 e. The van der Waals surface area contributed by atoms with Crippen LogP contribution < -0.4 is 0 Å². The van der Waals surface area contributed by atoms with E-state index in [4.69, 9.17) is 0 Å². The highest BCUT2D eigenvalue weighted by molar-refractivity contribution is 5.94. The lowest BCUT2D eigenvalue weighted by Crippen LogP contribution is -1.91. The molecule has 150 heavy (non-hydrogen) atoms. The number of benzene rings is 24. The summed E-state index contributed by atoms with van der Waals surface area (Å²) in [5, 5.41) is 0. The molecular formula is C150H120. The number of rotatable bonds is 18. The second kappa shape index (κ2) is 49.7. The van der Waals surface area contributed by atoms with Gasteiger partial charge in [0.05, 0.1) is 0 Å². The summed E-state index contributed by atoms with van der Waals surface area (Å²) in [5.74, 6) is 0. The largest absolute Gasteiger partial charge is 0.0622 e. The fraction of sp³-hybridized carbons (Fsp3) is 0.0400. The zero-order valence-corrected chi connectivity index (χ0v) is 85.9. The van der Waals surface area contributed by atoms with E-state index in [1.807, 2.05) is 0 Å². The molecule has 0 saturated carbocycles. The Morgan fingerprint density at radius 2 is 0.313 bits per heavy atom. The van der Waals surface area contributed by atoms with Crippen LogP contribution in [0.1, 0.15) is 33.4 Å². The maximum absolute atomic E-state index is 2.34. The fourth-order valence-electron chi connectivity index (χ4n) is 19.9. The van der Waals surface area contributed by atoms with Gasteiger partial charge in [0.15, 0.2) is 0 Å². The summed E-state index contributed by atoms with van der Waals surface area (Å²) in [6.45, 7) is 13.1. The van der Waals surface area contributed by atoms with Crippen molar-refractivity contribution in [1.82, 2.24) is 0 Å². The van der Waals surface area contributed by atoms with Crippen molar-refractivity contribution in [2.24, 2.45) is 0 Å². The first-order chi connectivity index (χ1) is 73.9. The molecule has 0 saturated heterocycles. The Hall–Kier alpha value is -18.7. The predicted octanol–water partition coefficient (Wildman–Crippen LogP) is 42.0. The van der Waals surface area contributed by atoms with E-state index in [1.54, 1.807) is 0 Å². The van der Waals surface area contributed by atoms with Gasteiger partial charge in [0.1, 0.15) is 0 Å². The molecular weight excluding hydrogens is 1800 g/mol. The maximum atomic E-state index is 2.34. The van der Waals surface area contributed by atoms with E-state index in [-0.39, 0.29) is 0 Å². The first-order valence-electron chi connectivity index (χ1n) is 51.8. The SMILES string of the molecule is Cc1c(-c2ccccc2)cc(-c2ccccc2)cc1-c1ccccc1.Cc1cc(-c2ccccc2)c(-c2ccccc2)cc1-c1ccccc1.Cc1cc(-c2ccccc2)cc(-c2ccccc2)c1-c1ccccc1.Cc1ccc(-c2ccccc2-c2cccc(-c3ccccc3)c2)cc1.Cc1cccc(-c2ccccc2-c2cccc(-c3ccccc3)c2)c1.Cc1ccccc1-c1cccc(-c2cccc(-c3ccccc3)c2)c1. The first kappa shape index (κ1) is 100.0.